The second-order valence-electron chi connectivity index (χ2n) is 5.62. The zero-order chi connectivity index (χ0) is 13.4. The van der Waals surface area contributed by atoms with Crippen LogP contribution in [0.4, 0.5) is 0 Å². The minimum Gasteiger partial charge on any atom is -0.385 e. The first-order chi connectivity index (χ1) is 8.54. The van der Waals surface area contributed by atoms with E-state index in [9.17, 15) is 0 Å². The fourth-order valence-corrected chi connectivity index (χ4v) is 2.53. The van der Waals surface area contributed by atoms with Gasteiger partial charge >= 0.3 is 0 Å². The molecule has 0 saturated heterocycles. The molecule has 0 amide bonds. The molecule has 0 fully saturated rings. The van der Waals surface area contributed by atoms with Crippen LogP contribution in [-0.2, 0) is 16.7 Å². The predicted molar refractivity (Wildman–Crippen MR) is 78.2 cm³/mol. The van der Waals surface area contributed by atoms with Crippen molar-refractivity contribution in [1.82, 2.24) is 10.3 Å². The SMILES string of the molecule is COCCCCCNCc1csc(C(C)(C)C)n1. The lowest BCUT2D eigenvalue weighted by molar-refractivity contribution is 0.192. The van der Waals surface area contributed by atoms with E-state index in [0.29, 0.717) is 0 Å². The van der Waals surface area contributed by atoms with Gasteiger partial charge in [0, 0.05) is 31.1 Å². The third-order valence-electron chi connectivity index (χ3n) is 2.70. The Morgan fingerprint density at radius 1 is 1.28 bits per heavy atom. The van der Waals surface area contributed by atoms with Crippen LogP contribution >= 0.6 is 11.3 Å². The van der Waals surface area contributed by atoms with Crippen molar-refractivity contribution < 1.29 is 4.74 Å². The molecule has 0 aliphatic rings. The molecule has 4 heteroatoms. The van der Waals surface area contributed by atoms with Gasteiger partial charge in [-0.3, -0.25) is 0 Å². The van der Waals surface area contributed by atoms with Crippen LogP contribution in [0.15, 0.2) is 5.38 Å². The molecule has 1 heterocycles. The zero-order valence-corrected chi connectivity index (χ0v) is 12.9. The highest BCUT2D eigenvalue weighted by Gasteiger charge is 2.17. The third-order valence-corrected chi connectivity index (χ3v) is 4.02. The molecule has 1 aromatic heterocycles. The molecular formula is C14H26N2OS. The van der Waals surface area contributed by atoms with Gasteiger partial charge in [0.25, 0.3) is 0 Å². The highest BCUT2D eigenvalue weighted by atomic mass is 32.1. The van der Waals surface area contributed by atoms with E-state index in [0.717, 1.165) is 26.1 Å². The summed E-state index contributed by atoms with van der Waals surface area (Å²) in [6.07, 6.45) is 3.59. The Bertz CT molecular complexity index is 331. The summed E-state index contributed by atoms with van der Waals surface area (Å²) in [5.41, 5.74) is 1.34. The van der Waals surface area contributed by atoms with Crippen molar-refractivity contribution in [3.05, 3.63) is 16.1 Å². The molecule has 0 unspecified atom stereocenters. The van der Waals surface area contributed by atoms with Crippen molar-refractivity contribution in [2.75, 3.05) is 20.3 Å². The van der Waals surface area contributed by atoms with E-state index in [2.05, 4.69) is 36.5 Å². The number of methoxy groups -OCH3 is 1. The van der Waals surface area contributed by atoms with Crippen molar-refractivity contribution in [3.8, 4) is 0 Å². The van der Waals surface area contributed by atoms with Crippen LogP contribution in [-0.4, -0.2) is 25.2 Å². The van der Waals surface area contributed by atoms with Gasteiger partial charge in [-0.15, -0.1) is 11.3 Å². The number of aromatic nitrogens is 1. The average Bonchev–Trinajstić information content (AvgIpc) is 2.76. The maximum Gasteiger partial charge on any atom is 0.0982 e. The Kier molecular flexibility index (Phi) is 6.82. The number of nitrogens with one attached hydrogen (secondary N) is 1. The molecule has 0 aliphatic carbocycles. The Balaban J connectivity index is 2.14. The summed E-state index contributed by atoms with van der Waals surface area (Å²) in [5.74, 6) is 0. The van der Waals surface area contributed by atoms with E-state index in [1.54, 1.807) is 18.4 Å². The standard InChI is InChI=1S/C14H26N2OS/c1-14(2,3)13-16-12(11-18-13)10-15-8-6-5-7-9-17-4/h11,15H,5-10H2,1-4H3. The molecule has 0 aliphatic heterocycles. The summed E-state index contributed by atoms with van der Waals surface area (Å²) in [4.78, 5) is 4.66. The van der Waals surface area contributed by atoms with E-state index in [1.807, 2.05) is 0 Å². The maximum atomic E-state index is 5.02. The Morgan fingerprint density at radius 2 is 2.06 bits per heavy atom. The lowest BCUT2D eigenvalue weighted by Crippen LogP contribution is -2.16. The third kappa shape index (κ3) is 5.94. The van der Waals surface area contributed by atoms with Gasteiger partial charge in [0.15, 0.2) is 0 Å². The minimum absolute atomic E-state index is 0.170. The van der Waals surface area contributed by atoms with Gasteiger partial charge in [0.1, 0.15) is 0 Å². The monoisotopic (exact) mass is 270 g/mol. The second-order valence-corrected chi connectivity index (χ2v) is 6.48. The van der Waals surface area contributed by atoms with Crippen LogP contribution in [0, 0.1) is 0 Å². The maximum absolute atomic E-state index is 5.02. The molecule has 0 aromatic carbocycles. The largest absolute Gasteiger partial charge is 0.385 e. The summed E-state index contributed by atoms with van der Waals surface area (Å²) >= 11 is 1.76. The van der Waals surface area contributed by atoms with Crippen molar-refractivity contribution >= 4 is 11.3 Å². The number of rotatable bonds is 8. The number of nitrogens with zero attached hydrogens (tertiary/aromatic N) is 1. The molecule has 3 nitrogen and oxygen atoms in total. The summed E-state index contributed by atoms with van der Waals surface area (Å²) in [7, 11) is 1.76. The number of unbranched alkanes of at least 4 members (excludes halogenated alkanes) is 2. The van der Waals surface area contributed by atoms with Gasteiger partial charge in [0.2, 0.25) is 0 Å². The molecule has 0 saturated carbocycles. The van der Waals surface area contributed by atoms with Crippen LogP contribution in [0.25, 0.3) is 0 Å². The fourth-order valence-electron chi connectivity index (χ4n) is 1.62. The summed E-state index contributed by atoms with van der Waals surface area (Å²) < 4.78 is 5.02. The van der Waals surface area contributed by atoms with E-state index in [1.165, 1.54) is 23.5 Å². The quantitative estimate of drug-likeness (QED) is 0.736. The van der Waals surface area contributed by atoms with Gasteiger partial charge in [-0.1, -0.05) is 20.8 Å². The lowest BCUT2D eigenvalue weighted by Gasteiger charge is -2.13. The highest BCUT2D eigenvalue weighted by molar-refractivity contribution is 7.09. The molecule has 0 spiro atoms. The highest BCUT2D eigenvalue weighted by Crippen LogP contribution is 2.25. The molecule has 0 bridgehead atoms. The minimum atomic E-state index is 0.170. The smallest absolute Gasteiger partial charge is 0.0982 e. The van der Waals surface area contributed by atoms with E-state index in [4.69, 9.17) is 4.74 Å². The molecule has 1 aromatic rings. The van der Waals surface area contributed by atoms with Gasteiger partial charge in [0.05, 0.1) is 10.7 Å². The molecule has 1 N–H and O–H groups in total. The van der Waals surface area contributed by atoms with Gasteiger partial charge in [-0.2, -0.15) is 0 Å². The van der Waals surface area contributed by atoms with Crippen LogP contribution in [0.2, 0.25) is 0 Å². The number of hydrogen-bond acceptors (Lipinski definition) is 4. The Labute approximate surface area is 115 Å². The summed E-state index contributed by atoms with van der Waals surface area (Å²) in [5, 5.41) is 6.83. The van der Waals surface area contributed by atoms with Gasteiger partial charge in [-0.05, 0) is 25.8 Å². The summed E-state index contributed by atoms with van der Waals surface area (Å²) in [6, 6.07) is 0. The van der Waals surface area contributed by atoms with Gasteiger partial charge < -0.3 is 10.1 Å². The van der Waals surface area contributed by atoms with E-state index >= 15 is 0 Å². The molecule has 0 radical (unpaired) electrons. The van der Waals surface area contributed by atoms with Crippen molar-refractivity contribution in [1.29, 1.82) is 0 Å². The van der Waals surface area contributed by atoms with Crippen LogP contribution in [0.1, 0.15) is 50.7 Å². The van der Waals surface area contributed by atoms with Gasteiger partial charge in [-0.25, -0.2) is 4.98 Å². The van der Waals surface area contributed by atoms with Crippen molar-refractivity contribution in [2.24, 2.45) is 0 Å². The van der Waals surface area contributed by atoms with E-state index in [-0.39, 0.29) is 5.41 Å². The topological polar surface area (TPSA) is 34.1 Å². The zero-order valence-electron chi connectivity index (χ0n) is 12.1. The fraction of sp³-hybridized carbons (Fsp3) is 0.786. The van der Waals surface area contributed by atoms with Crippen LogP contribution in [0.3, 0.4) is 0 Å². The molecular weight excluding hydrogens is 244 g/mol. The first kappa shape index (κ1) is 15.6. The van der Waals surface area contributed by atoms with Crippen LogP contribution in [0.5, 0.6) is 0 Å². The van der Waals surface area contributed by atoms with E-state index < -0.39 is 0 Å². The number of hydrogen-bond donors (Lipinski definition) is 1. The molecule has 0 atom stereocenters. The first-order valence-corrected chi connectivity index (χ1v) is 7.56. The average molecular weight is 270 g/mol. The first-order valence-electron chi connectivity index (χ1n) is 6.68. The molecule has 104 valence electrons. The lowest BCUT2D eigenvalue weighted by atomic mass is 9.98. The Hall–Kier alpha value is -0.450. The van der Waals surface area contributed by atoms with Crippen LogP contribution < -0.4 is 5.32 Å². The predicted octanol–water partition coefficient (Wildman–Crippen LogP) is 3.35. The normalized spacial score (nSPS) is 12.0. The molecule has 1 rings (SSSR count). The number of ether oxygens (including phenoxy) is 1. The Morgan fingerprint density at radius 3 is 2.67 bits per heavy atom. The summed E-state index contributed by atoms with van der Waals surface area (Å²) in [6.45, 7) is 9.44. The number of thiazole rings is 1. The van der Waals surface area contributed by atoms with Crippen molar-refractivity contribution in [3.63, 3.8) is 0 Å². The molecule has 18 heavy (non-hydrogen) atoms. The van der Waals surface area contributed by atoms with Crippen molar-refractivity contribution in [2.45, 2.75) is 52.0 Å². The second kappa shape index (κ2) is 7.87.